The fourth-order valence-corrected chi connectivity index (χ4v) is 2.18. The van der Waals surface area contributed by atoms with E-state index in [2.05, 4.69) is 15.0 Å². The summed E-state index contributed by atoms with van der Waals surface area (Å²) in [6, 6.07) is 10.5. The van der Waals surface area contributed by atoms with E-state index in [0.717, 1.165) is 17.8 Å². The molecule has 0 fully saturated rings. The summed E-state index contributed by atoms with van der Waals surface area (Å²) in [5.74, 6) is -0.663. The van der Waals surface area contributed by atoms with Gasteiger partial charge in [-0.25, -0.2) is 4.98 Å². The van der Waals surface area contributed by atoms with Crippen LogP contribution in [0, 0.1) is 0 Å². The van der Waals surface area contributed by atoms with E-state index in [0.29, 0.717) is 11.4 Å². The van der Waals surface area contributed by atoms with Gasteiger partial charge < -0.3 is 14.5 Å². The third kappa shape index (κ3) is 4.03. The molecule has 0 radical (unpaired) electrons. The normalized spacial score (nSPS) is 11.5. The van der Waals surface area contributed by atoms with Crippen molar-refractivity contribution in [2.75, 3.05) is 5.32 Å². The Bertz CT molecular complexity index is 824. The number of benzene rings is 1. The molecule has 3 rings (SSSR count). The number of carbonyl (C=O) groups excluding carboxylic acids is 1. The van der Waals surface area contributed by atoms with Crippen LogP contribution in [0.25, 0.3) is 5.65 Å². The van der Waals surface area contributed by atoms with E-state index in [1.807, 2.05) is 24.4 Å². The summed E-state index contributed by atoms with van der Waals surface area (Å²) >= 11 is 0. The molecular weight excluding hydrogens is 323 g/mol. The molecule has 0 atom stereocenters. The van der Waals surface area contributed by atoms with Gasteiger partial charge in [0.2, 0.25) is 5.91 Å². The largest absolute Gasteiger partial charge is 0.573 e. The lowest BCUT2D eigenvalue weighted by Gasteiger charge is -2.09. The molecule has 0 aliphatic heterocycles. The average Bonchev–Trinajstić information content (AvgIpc) is 2.89. The maximum Gasteiger partial charge on any atom is 0.573 e. The van der Waals surface area contributed by atoms with Gasteiger partial charge in [0, 0.05) is 18.1 Å². The van der Waals surface area contributed by atoms with E-state index in [1.165, 1.54) is 12.1 Å². The van der Waals surface area contributed by atoms with Gasteiger partial charge in [0.25, 0.3) is 0 Å². The Morgan fingerprint density at radius 1 is 1.17 bits per heavy atom. The van der Waals surface area contributed by atoms with Crippen molar-refractivity contribution in [3.05, 3.63) is 60.6 Å². The van der Waals surface area contributed by atoms with Crippen molar-refractivity contribution < 1.29 is 22.7 Å². The number of anilines is 1. The van der Waals surface area contributed by atoms with Gasteiger partial charge in [0.1, 0.15) is 11.4 Å². The molecule has 3 aromatic rings. The molecule has 0 aliphatic carbocycles. The van der Waals surface area contributed by atoms with Crippen LogP contribution in [-0.4, -0.2) is 21.7 Å². The molecule has 0 saturated carbocycles. The second kappa shape index (κ2) is 6.23. The summed E-state index contributed by atoms with van der Waals surface area (Å²) in [5.41, 5.74) is 1.70. The number of fused-ring (bicyclic) bond motifs is 1. The minimum absolute atomic E-state index is 0.0580. The molecule has 8 heteroatoms. The second-order valence-corrected chi connectivity index (χ2v) is 5.00. The molecule has 124 valence electrons. The zero-order chi connectivity index (χ0) is 17.2. The van der Waals surface area contributed by atoms with Crippen LogP contribution in [0.1, 0.15) is 5.69 Å². The molecule has 1 aromatic carbocycles. The molecule has 2 heterocycles. The van der Waals surface area contributed by atoms with Gasteiger partial charge in [-0.05, 0) is 36.4 Å². The molecule has 1 N–H and O–H groups in total. The molecular formula is C16H12F3N3O2. The van der Waals surface area contributed by atoms with E-state index in [9.17, 15) is 18.0 Å². The Kier molecular flexibility index (Phi) is 4.11. The summed E-state index contributed by atoms with van der Waals surface area (Å²) in [7, 11) is 0. The maximum absolute atomic E-state index is 12.1. The van der Waals surface area contributed by atoms with Crippen molar-refractivity contribution in [1.29, 1.82) is 0 Å². The number of alkyl halides is 3. The van der Waals surface area contributed by atoms with Gasteiger partial charge in [-0.15, -0.1) is 13.2 Å². The number of ether oxygens (including phenoxy) is 1. The molecule has 0 bridgehead atoms. The zero-order valence-electron chi connectivity index (χ0n) is 12.2. The van der Waals surface area contributed by atoms with Crippen LogP contribution in [0.2, 0.25) is 0 Å². The lowest BCUT2D eigenvalue weighted by molar-refractivity contribution is -0.274. The van der Waals surface area contributed by atoms with Gasteiger partial charge in [-0.3, -0.25) is 4.79 Å². The number of rotatable bonds is 4. The first-order valence-corrected chi connectivity index (χ1v) is 6.97. The summed E-state index contributed by atoms with van der Waals surface area (Å²) < 4.78 is 41.8. The van der Waals surface area contributed by atoms with Gasteiger partial charge in [0.05, 0.1) is 12.1 Å². The summed E-state index contributed by atoms with van der Waals surface area (Å²) in [6.45, 7) is 0. The van der Waals surface area contributed by atoms with Crippen molar-refractivity contribution in [2.45, 2.75) is 12.8 Å². The number of hydrogen-bond donors (Lipinski definition) is 1. The summed E-state index contributed by atoms with van der Waals surface area (Å²) in [4.78, 5) is 16.3. The molecule has 0 saturated heterocycles. The van der Waals surface area contributed by atoms with E-state index in [1.54, 1.807) is 10.6 Å². The van der Waals surface area contributed by atoms with Gasteiger partial charge in [0.15, 0.2) is 0 Å². The third-order valence-corrected chi connectivity index (χ3v) is 3.13. The number of amides is 1. The van der Waals surface area contributed by atoms with E-state index >= 15 is 0 Å². The predicted octanol–water partition coefficient (Wildman–Crippen LogP) is 3.41. The fourth-order valence-electron chi connectivity index (χ4n) is 2.18. The second-order valence-electron chi connectivity index (χ2n) is 5.00. The molecule has 2 aromatic heterocycles. The van der Waals surface area contributed by atoms with E-state index < -0.39 is 6.36 Å². The molecule has 0 spiro atoms. The Balaban J connectivity index is 1.62. The van der Waals surface area contributed by atoms with Crippen molar-refractivity contribution in [3.63, 3.8) is 0 Å². The average molecular weight is 335 g/mol. The Morgan fingerprint density at radius 2 is 1.92 bits per heavy atom. The molecule has 0 aliphatic rings. The molecule has 0 unspecified atom stereocenters. The quantitative estimate of drug-likeness (QED) is 0.795. The highest BCUT2D eigenvalue weighted by Crippen LogP contribution is 2.24. The van der Waals surface area contributed by atoms with E-state index in [-0.39, 0.29) is 18.1 Å². The molecule has 5 nitrogen and oxygen atoms in total. The topological polar surface area (TPSA) is 55.6 Å². The number of pyridine rings is 1. The Morgan fingerprint density at radius 3 is 2.58 bits per heavy atom. The summed E-state index contributed by atoms with van der Waals surface area (Å²) in [6.07, 6.45) is -1.12. The lowest BCUT2D eigenvalue weighted by Crippen LogP contribution is -2.17. The third-order valence-electron chi connectivity index (χ3n) is 3.13. The van der Waals surface area contributed by atoms with Gasteiger partial charge >= 0.3 is 6.36 Å². The number of halogens is 3. The highest BCUT2D eigenvalue weighted by atomic mass is 19.4. The van der Waals surface area contributed by atoms with Gasteiger partial charge in [-0.1, -0.05) is 6.07 Å². The summed E-state index contributed by atoms with van der Waals surface area (Å²) in [5, 5.41) is 2.60. The Labute approximate surface area is 134 Å². The smallest absolute Gasteiger partial charge is 0.406 e. The minimum Gasteiger partial charge on any atom is -0.406 e. The number of carbonyl (C=O) groups is 1. The van der Waals surface area contributed by atoms with Gasteiger partial charge in [-0.2, -0.15) is 0 Å². The Hall–Kier alpha value is -3.03. The van der Waals surface area contributed by atoms with Crippen LogP contribution >= 0.6 is 0 Å². The van der Waals surface area contributed by atoms with Crippen LogP contribution in [0.15, 0.2) is 54.9 Å². The lowest BCUT2D eigenvalue weighted by atomic mass is 10.2. The predicted molar refractivity (Wildman–Crippen MR) is 80.7 cm³/mol. The fraction of sp³-hybridized carbons (Fsp3) is 0.125. The monoisotopic (exact) mass is 335 g/mol. The van der Waals surface area contributed by atoms with Crippen molar-refractivity contribution in [1.82, 2.24) is 9.38 Å². The van der Waals surface area contributed by atoms with Crippen LogP contribution in [0.3, 0.4) is 0 Å². The highest BCUT2D eigenvalue weighted by molar-refractivity contribution is 5.92. The van der Waals surface area contributed by atoms with Crippen LogP contribution in [0.5, 0.6) is 5.75 Å². The van der Waals surface area contributed by atoms with Crippen LogP contribution < -0.4 is 10.1 Å². The number of aromatic nitrogens is 2. The van der Waals surface area contributed by atoms with Crippen molar-refractivity contribution in [2.24, 2.45) is 0 Å². The van der Waals surface area contributed by atoms with Crippen LogP contribution in [0.4, 0.5) is 18.9 Å². The number of nitrogens with one attached hydrogen (secondary N) is 1. The number of imidazole rings is 1. The zero-order valence-corrected chi connectivity index (χ0v) is 12.2. The minimum atomic E-state index is -4.74. The van der Waals surface area contributed by atoms with Crippen LogP contribution in [-0.2, 0) is 11.2 Å². The van der Waals surface area contributed by atoms with Crippen molar-refractivity contribution >= 4 is 17.2 Å². The SMILES string of the molecule is O=C(Cc1cn2ccccc2n1)Nc1ccc(OC(F)(F)F)cc1. The molecule has 1 amide bonds. The number of nitrogens with zero attached hydrogens (tertiary/aromatic N) is 2. The first-order chi connectivity index (χ1) is 11.4. The van der Waals surface area contributed by atoms with Crippen molar-refractivity contribution in [3.8, 4) is 5.75 Å². The highest BCUT2D eigenvalue weighted by Gasteiger charge is 2.30. The standard InChI is InChI=1S/C16H12F3N3O2/c17-16(18,19)24-13-6-4-11(5-7-13)21-15(23)9-12-10-22-8-2-1-3-14(22)20-12/h1-8,10H,9H2,(H,21,23). The number of hydrogen-bond acceptors (Lipinski definition) is 3. The van der Waals surface area contributed by atoms with E-state index in [4.69, 9.17) is 0 Å². The first-order valence-electron chi connectivity index (χ1n) is 6.97. The first kappa shape index (κ1) is 15.9. The molecule has 24 heavy (non-hydrogen) atoms. The maximum atomic E-state index is 12.1.